The molecule has 0 unspecified atom stereocenters. The van der Waals surface area contributed by atoms with Crippen molar-refractivity contribution in [1.82, 2.24) is 5.32 Å². The molecule has 0 aliphatic rings. The van der Waals surface area contributed by atoms with Gasteiger partial charge in [-0.1, -0.05) is 47.5 Å². The Kier molecular flexibility index (Phi) is 9.40. The van der Waals surface area contributed by atoms with E-state index in [4.69, 9.17) is 16.3 Å². The highest BCUT2D eigenvalue weighted by atomic mass is 35.5. The van der Waals surface area contributed by atoms with E-state index >= 15 is 0 Å². The summed E-state index contributed by atoms with van der Waals surface area (Å²) in [6, 6.07) is 19.5. The third-order valence-corrected chi connectivity index (χ3v) is 7.58. The standard InChI is InChI=1S/C28H33ClN2O4S/c1-20(2)35-25-9-5-7-23(17-25)8-6-16-30-28(32)19-31(27-18-24(29)13-12-22(27)4)36(33,34)26-14-10-21(3)11-15-26/h5,7,9-15,17-18,20H,6,8,16,19H2,1-4H3,(H,30,32). The molecule has 192 valence electrons. The van der Waals surface area contributed by atoms with Gasteiger partial charge in [0.15, 0.2) is 0 Å². The Morgan fingerprint density at radius 2 is 1.75 bits per heavy atom. The predicted molar refractivity (Wildman–Crippen MR) is 145 cm³/mol. The number of ether oxygens (including phenoxy) is 1. The zero-order chi connectivity index (χ0) is 26.3. The minimum absolute atomic E-state index is 0.0989. The molecular formula is C28H33ClN2O4S. The molecule has 0 saturated heterocycles. The van der Waals surface area contributed by atoms with Gasteiger partial charge in [-0.2, -0.15) is 0 Å². The van der Waals surface area contributed by atoms with E-state index in [2.05, 4.69) is 5.32 Å². The molecule has 6 nitrogen and oxygen atoms in total. The van der Waals surface area contributed by atoms with Crippen molar-refractivity contribution in [1.29, 1.82) is 0 Å². The first kappa shape index (κ1) is 27.6. The van der Waals surface area contributed by atoms with E-state index in [0.717, 1.165) is 27.6 Å². The molecule has 0 aliphatic carbocycles. The summed E-state index contributed by atoms with van der Waals surface area (Å²) in [5.74, 6) is 0.433. The summed E-state index contributed by atoms with van der Waals surface area (Å²) in [7, 11) is -3.99. The lowest BCUT2D eigenvalue weighted by molar-refractivity contribution is -0.119. The maximum Gasteiger partial charge on any atom is 0.264 e. The summed E-state index contributed by atoms with van der Waals surface area (Å²) in [5.41, 5.74) is 3.13. The van der Waals surface area contributed by atoms with E-state index in [1.165, 1.54) is 0 Å². The average molecular weight is 529 g/mol. The van der Waals surface area contributed by atoms with Crippen molar-refractivity contribution in [2.45, 2.75) is 51.5 Å². The van der Waals surface area contributed by atoms with Crippen LogP contribution in [0.4, 0.5) is 5.69 Å². The lowest BCUT2D eigenvalue weighted by atomic mass is 10.1. The summed E-state index contributed by atoms with van der Waals surface area (Å²) in [5, 5.41) is 3.25. The molecule has 0 spiro atoms. The van der Waals surface area contributed by atoms with Gasteiger partial charge in [0.25, 0.3) is 10.0 Å². The topological polar surface area (TPSA) is 75.7 Å². The van der Waals surface area contributed by atoms with E-state index in [1.807, 2.05) is 45.0 Å². The first-order valence-corrected chi connectivity index (χ1v) is 13.8. The number of benzene rings is 3. The quantitative estimate of drug-likeness (QED) is 0.324. The number of hydrogen-bond acceptors (Lipinski definition) is 4. The number of nitrogens with zero attached hydrogens (tertiary/aromatic N) is 1. The number of halogens is 1. The first-order valence-electron chi connectivity index (χ1n) is 11.9. The molecule has 36 heavy (non-hydrogen) atoms. The van der Waals surface area contributed by atoms with Crippen LogP contribution in [0.25, 0.3) is 0 Å². The highest BCUT2D eigenvalue weighted by Gasteiger charge is 2.28. The van der Waals surface area contributed by atoms with Crippen LogP contribution in [0.1, 0.15) is 37.0 Å². The zero-order valence-corrected chi connectivity index (χ0v) is 22.7. The molecule has 1 N–H and O–H groups in total. The van der Waals surface area contributed by atoms with Gasteiger partial charge in [-0.15, -0.1) is 0 Å². The number of hydrogen-bond donors (Lipinski definition) is 1. The molecule has 1 amide bonds. The van der Waals surface area contributed by atoms with Gasteiger partial charge in [0.1, 0.15) is 12.3 Å². The molecular weight excluding hydrogens is 496 g/mol. The van der Waals surface area contributed by atoms with E-state index in [-0.39, 0.29) is 23.5 Å². The third kappa shape index (κ3) is 7.48. The number of amides is 1. The second kappa shape index (κ2) is 12.3. The molecule has 3 aromatic carbocycles. The molecule has 0 atom stereocenters. The lowest BCUT2D eigenvalue weighted by Crippen LogP contribution is -2.41. The normalized spacial score (nSPS) is 11.4. The molecule has 3 aromatic rings. The summed E-state index contributed by atoms with van der Waals surface area (Å²) in [6.07, 6.45) is 1.56. The van der Waals surface area contributed by atoms with E-state index in [1.54, 1.807) is 49.4 Å². The maximum atomic E-state index is 13.6. The van der Waals surface area contributed by atoms with Gasteiger partial charge in [0, 0.05) is 11.6 Å². The molecule has 0 aromatic heterocycles. The van der Waals surface area contributed by atoms with Crippen LogP contribution in [-0.2, 0) is 21.2 Å². The van der Waals surface area contributed by atoms with Crippen molar-refractivity contribution in [3.05, 3.63) is 88.4 Å². The predicted octanol–water partition coefficient (Wildman–Crippen LogP) is 5.69. The highest BCUT2D eigenvalue weighted by Crippen LogP contribution is 2.29. The molecule has 0 radical (unpaired) electrons. The van der Waals surface area contributed by atoms with Crippen LogP contribution < -0.4 is 14.4 Å². The zero-order valence-electron chi connectivity index (χ0n) is 21.1. The van der Waals surface area contributed by atoms with Crippen molar-refractivity contribution in [3.63, 3.8) is 0 Å². The Labute approximate surface area is 219 Å². The molecule has 0 bridgehead atoms. The van der Waals surface area contributed by atoms with E-state index < -0.39 is 10.0 Å². The fraction of sp³-hybridized carbons (Fsp3) is 0.321. The van der Waals surface area contributed by atoms with Crippen LogP contribution in [0, 0.1) is 13.8 Å². The van der Waals surface area contributed by atoms with Gasteiger partial charge in [-0.05, 0) is 88.1 Å². The highest BCUT2D eigenvalue weighted by molar-refractivity contribution is 7.92. The Morgan fingerprint density at radius 3 is 2.44 bits per heavy atom. The Hall–Kier alpha value is -3.03. The Bertz CT molecular complexity index is 1290. The summed E-state index contributed by atoms with van der Waals surface area (Å²) in [6.45, 7) is 7.70. The molecule has 0 fully saturated rings. The number of aryl methyl sites for hydroxylation is 3. The number of sulfonamides is 1. The minimum Gasteiger partial charge on any atom is -0.491 e. The second-order valence-corrected chi connectivity index (χ2v) is 11.3. The average Bonchev–Trinajstić information content (AvgIpc) is 2.82. The molecule has 3 rings (SSSR count). The van der Waals surface area contributed by atoms with Crippen LogP contribution in [-0.4, -0.2) is 33.5 Å². The fourth-order valence-corrected chi connectivity index (χ4v) is 5.39. The number of carbonyl (C=O) groups excluding carboxylic acids is 1. The number of anilines is 1. The largest absolute Gasteiger partial charge is 0.491 e. The van der Waals surface area contributed by atoms with Crippen molar-refractivity contribution >= 4 is 33.2 Å². The van der Waals surface area contributed by atoms with Crippen LogP contribution in [0.5, 0.6) is 5.75 Å². The number of carbonyl (C=O) groups is 1. The van der Waals surface area contributed by atoms with Crippen molar-refractivity contribution in [2.75, 3.05) is 17.4 Å². The lowest BCUT2D eigenvalue weighted by Gasteiger charge is -2.26. The van der Waals surface area contributed by atoms with Crippen LogP contribution in [0.15, 0.2) is 71.6 Å². The van der Waals surface area contributed by atoms with E-state index in [0.29, 0.717) is 29.2 Å². The van der Waals surface area contributed by atoms with Gasteiger partial charge in [-0.25, -0.2) is 8.42 Å². The molecule has 0 heterocycles. The minimum atomic E-state index is -3.99. The molecule has 0 aliphatic heterocycles. The number of nitrogens with one attached hydrogen (secondary N) is 1. The van der Waals surface area contributed by atoms with Gasteiger partial charge in [-0.3, -0.25) is 9.10 Å². The monoisotopic (exact) mass is 528 g/mol. The summed E-state index contributed by atoms with van der Waals surface area (Å²) in [4.78, 5) is 13.0. The van der Waals surface area contributed by atoms with Crippen LogP contribution in [0.2, 0.25) is 5.02 Å². The first-order chi connectivity index (χ1) is 17.1. The summed E-state index contributed by atoms with van der Waals surface area (Å²) < 4.78 is 34.0. The molecule has 0 saturated carbocycles. The van der Waals surface area contributed by atoms with Crippen LogP contribution >= 0.6 is 11.6 Å². The van der Waals surface area contributed by atoms with Crippen molar-refractivity contribution in [2.24, 2.45) is 0 Å². The number of rotatable bonds is 11. The van der Waals surface area contributed by atoms with Gasteiger partial charge in [0.05, 0.1) is 16.7 Å². The SMILES string of the molecule is Cc1ccc(S(=O)(=O)N(CC(=O)NCCCc2cccc(OC(C)C)c2)c2cc(Cl)ccc2C)cc1. The summed E-state index contributed by atoms with van der Waals surface area (Å²) >= 11 is 6.18. The van der Waals surface area contributed by atoms with Gasteiger partial charge in [0.2, 0.25) is 5.91 Å². The van der Waals surface area contributed by atoms with Crippen molar-refractivity contribution < 1.29 is 17.9 Å². The Balaban J connectivity index is 1.70. The van der Waals surface area contributed by atoms with Gasteiger partial charge >= 0.3 is 0 Å². The van der Waals surface area contributed by atoms with Gasteiger partial charge < -0.3 is 10.1 Å². The van der Waals surface area contributed by atoms with Crippen LogP contribution in [0.3, 0.4) is 0 Å². The second-order valence-electron chi connectivity index (χ2n) is 9.02. The fourth-order valence-electron chi connectivity index (χ4n) is 3.74. The van der Waals surface area contributed by atoms with Crippen molar-refractivity contribution in [3.8, 4) is 5.75 Å². The third-order valence-electron chi connectivity index (χ3n) is 5.57. The van der Waals surface area contributed by atoms with E-state index in [9.17, 15) is 13.2 Å². The smallest absolute Gasteiger partial charge is 0.264 e. The molecule has 8 heteroatoms. The maximum absolute atomic E-state index is 13.6. The Morgan fingerprint density at radius 1 is 1.03 bits per heavy atom.